The van der Waals surface area contributed by atoms with Crippen LogP contribution in [0.5, 0.6) is 0 Å². The highest BCUT2D eigenvalue weighted by Gasteiger charge is 2.25. The van der Waals surface area contributed by atoms with Crippen molar-refractivity contribution in [2.45, 2.75) is 25.8 Å². The highest BCUT2D eigenvalue weighted by atomic mass is 35.5. The quantitative estimate of drug-likeness (QED) is 0.711. The second-order valence-corrected chi connectivity index (χ2v) is 7.10. The van der Waals surface area contributed by atoms with Gasteiger partial charge in [0.2, 0.25) is 5.91 Å². The highest BCUT2D eigenvalue weighted by molar-refractivity contribution is 6.34. The third kappa shape index (κ3) is 3.43. The van der Waals surface area contributed by atoms with Crippen LogP contribution in [0.1, 0.15) is 41.9 Å². The number of anilines is 1. The van der Waals surface area contributed by atoms with Gasteiger partial charge in [0.1, 0.15) is 11.3 Å². The Balaban J connectivity index is 1.54. The summed E-state index contributed by atoms with van der Waals surface area (Å²) in [6.45, 7) is 2.50. The minimum atomic E-state index is -0.294. The Hall–Kier alpha value is -2.79. The smallest absolute Gasteiger partial charge is 0.251 e. The molecule has 1 aromatic heterocycles. The maximum Gasteiger partial charge on any atom is 0.251 e. The summed E-state index contributed by atoms with van der Waals surface area (Å²) in [5.74, 6) is 0.478. The number of amides is 2. The Labute approximate surface area is 161 Å². The Morgan fingerprint density at radius 1 is 1.22 bits per heavy atom. The second kappa shape index (κ2) is 7.08. The molecule has 2 aromatic carbocycles. The van der Waals surface area contributed by atoms with E-state index in [-0.39, 0.29) is 17.9 Å². The fourth-order valence-corrected chi connectivity index (χ4v) is 3.55. The zero-order valence-electron chi connectivity index (χ0n) is 14.9. The summed E-state index contributed by atoms with van der Waals surface area (Å²) in [6.07, 6.45) is 1.31. The molecule has 1 saturated heterocycles. The van der Waals surface area contributed by atoms with Crippen LogP contribution in [0.2, 0.25) is 5.02 Å². The van der Waals surface area contributed by atoms with Gasteiger partial charge in [-0.25, -0.2) is 0 Å². The molecule has 6 heteroatoms. The van der Waals surface area contributed by atoms with E-state index in [0.29, 0.717) is 35.0 Å². The lowest BCUT2D eigenvalue weighted by atomic mass is 10.1. The molecule has 2 heterocycles. The van der Waals surface area contributed by atoms with Crippen LogP contribution in [-0.2, 0) is 4.79 Å². The molecule has 0 unspecified atom stereocenters. The summed E-state index contributed by atoms with van der Waals surface area (Å²) in [5, 5.41) is 4.40. The van der Waals surface area contributed by atoms with Crippen molar-refractivity contribution in [2.75, 3.05) is 11.4 Å². The summed E-state index contributed by atoms with van der Waals surface area (Å²) >= 11 is 6.25. The van der Waals surface area contributed by atoms with Gasteiger partial charge in [0.15, 0.2) is 0 Å². The molecule has 2 amide bonds. The van der Waals surface area contributed by atoms with Gasteiger partial charge < -0.3 is 14.6 Å². The van der Waals surface area contributed by atoms with E-state index in [1.54, 1.807) is 23.1 Å². The standard InChI is InChI=1S/C21H19ClN2O3/c1-13(19-12-14-5-2-3-6-18(14)27-19)23-21(26)15-8-9-16(22)17(11-15)24-10-4-7-20(24)25/h2-3,5-6,8-9,11-13H,4,7,10H2,1H3,(H,23,26)/t13-/m0/s1. The fraction of sp³-hybridized carbons (Fsp3) is 0.238. The normalized spacial score (nSPS) is 15.3. The Bertz CT molecular complexity index is 994. The highest BCUT2D eigenvalue weighted by Crippen LogP contribution is 2.31. The summed E-state index contributed by atoms with van der Waals surface area (Å²) in [4.78, 5) is 26.4. The monoisotopic (exact) mass is 382 g/mol. The van der Waals surface area contributed by atoms with Crippen LogP contribution in [0.25, 0.3) is 11.0 Å². The summed E-state index contributed by atoms with van der Waals surface area (Å²) < 4.78 is 5.82. The number of para-hydroxylation sites is 1. The average molecular weight is 383 g/mol. The Morgan fingerprint density at radius 3 is 2.78 bits per heavy atom. The van der Waals surface area contributed by atoms with Crippen LogP contribution in [-0.4, -0.2) is 18.4 Å². The van der Waals surface area contributed by atoms with Crippen LogP contribution >= 0.6 is 11.6 Å². The van der Waals surface area contributed by atoms with Gasteiger partial charge in [-0.3, -0.25) is 9.59 Å². The lowest BCUT2D eigenvalue weighted by molar-refractivity contribution is -0.117. The van der Waals surface area contributed by atoms with Crippen molar-refractivity contribution in [1.82, 2.24) is 5.32 Å². The van der Waals surface area contributed by atoms with E-state index in [4.69, 9.17) is 16.0 Å². The molecule has 1 N–H and O–H groups in total. The largest absolute Gasteiger partial charge is 0.459 e. The molecular weight excluding hydrogens is 364 g/mol. The molecule has 0 spiro atoms. The molecule has 0 saturated carbocycles. The number of fused-ring (bicyclic) bond motifs is 1. The molecule has 0 radical (unpaired) electrons. The van der Waals surface area contributed by atoms with Gasteiger partial charge in [-0.1, -0.05) is 29.8 Å². The van der Waals surface area contributed by atoms with Crippen LogP contribution in [0.15, 0.2) is 52.9 Å². The number of nitrogens with one attached hydrogen (secondary N) is 1. The summed E-state index contributed by atoms with van der Waals surface area (Å²) in [5.41, 5.74) is 1.83. The van der Waals surface area contributed by atoms with Crippen molar-refractivity contribution in [2.24, 2.45) is 0 Å². The lowest BCUT2D eigenvalue weighted by Gasteiger charge is -2.18. The minimum absolute atomic E-state index is 0.0325. The van der Waals surface area contributed by atoms with Crippen molar-refractivity contribution in [3.05, 3.63) is 64.9 Å². The number of furan rings is 1. The molecule has 5 nitrogen and oxygen atoms in total. The van der Waals surface area contributed by atoms with Crippen molar-refractivity contribution in [1.29, 1.82) is 0 Å². The van der Waals surface area contributed by atoms with Crippen molar-refractivity contribution in [3.8, 4) is 0 Å². The molecule has 1 atom stereocenters. The van der Waals surface area contributed by atoms with Crippen LogP contribution < -0.4 is 10.2 Å². The molecule has 0 aliphatic carbocycles. The number of nitrogens with zero attached hydrogens (tertiary/aromatic N) is 1. The summed E-state index contributed by atoms with van der Waals surface area (Å²) in [6, 6.07) is 14.3. The third-order valence-corrected chi connectivity index (χ3v) is 5.11. The Morgan fingerprint density at radius 2 is 2.04 bits per heavy atom. The van der Waals surface area contributed by atoms with Crippen LogP contribution in [0.3, 0.4) is 0 Å². The number of carbonyl (C=O) groups excluding carboxylic acids is 2. The van der Waals surface area contributed by atoms with Gasteiger partial charge in [0.05, 0.1) is 16.8 Å². The molecule has 0 bridgehead atoms. The molecule has 27 heavy (non-hydrogen) atoms. The van der Waals surface area contributed by atoms with Gasteiger partial charge in [0.25, 0.3) is 5.91 Å². The van der Waals surface area contributed by atoms with Crippen molar-refractivity contribution < 1.29 is 14.0 Å². The maximum absolute atomic E-state index is 12.7. The van der Waals surface area contributed by atoms with Crippen molar-refractivity contribution in [3.63, 3.8) is 0 Å². The van der Waals surface area contributed by atoms with E-state index in [0.717, 1.165) is 17.4 Å². The molecule has 1 aliphatic heterocycles. The van der Waals surface area contributed by atoms with Gasteiger partial charge in [0, 0.05) is 23.9 Å². The lowest BCUT2D eigenvalue weighted by Crippen LogP contribution is -2.28. The third-order valence-electron chi connectivity index (χ3n) is 4.79. The van der Waals surface area contributed by atoms with Gasteiger partial charge >= 0.3 is 0 Å². The fourth-order valence-electron chi connectivity index (χ4n) is 3.33. The van der Waals surface area contributed by atoms with E-state index in [1.807, 2.05) is 37.3 Å². The van der Waals surface area contributed by atoms with Gasteiger partial charge in [-0.15, -0.1) is 0 Å². The number of benzene rings is 2. The number of rotatable bonds is 4. The first-order chi connectivity index (χ1) is 13.0. The first-order valence-corrected chi connectivity index (χ1v) is 9.30. The SMILES string of the molecule is C[C@H](NC(=O)c1ccc(Cl)c(N2CCCC2=O)c1)c1cc2ccccc2o1. The zero-order chi connectivity index (χ0) is 19.0. The molecule has 3 aromatic rings. The first kappa shape index (κ1) is 17.6. The molecule has 138 valence electrons. The van der Waals surface area contributed by atoms with Gasteiger partial charge in [-0.2, -0.15) is 0 Å². The van der Waals surface area contributed by atoms with E-state index in [2.05, 4.69) is 5.32 Å². The average Bonchev–Trinajstić information content (AvgIpc) is 3.28. The Kier molecular flexibility index (Phi) is 4.62. The zero-order valence-corrected chi connectivity index (χ0v) is 15.6. The maximum atomic E-state index is 12.7. The van der Waals surface area contributed by atoms with E-state index < -0.39 is 0 Å². The van der Waals surface area contributed by atoms with Crippen LogP contribution in [0, 0.1) is 0 Å². The molecular formula is C21H19ClN2O3. The number of carbonyl (C=O) groups is 2. The molecule has 1 fully saturated rings. The molecule has 4 rings (SSSR count). The first-order valence-electron chi connectivity index (χ1n) is 8.92. The number of hydrogen-bond donors (Lipinski definition) is 1. The van der Waals surface area contributed by atoms with Crippen molar-refractivity contribution >= 4 is 40.1 Å². The van der Waals surface area contributed by atoms with E-state index >= 15 is 0 Å². The number of hydrogen-bond acceptors (Lipinski definition) is 3. The van der Waals surface area contributed by atoms with E-state index in [1.165, 1.54) is 0 Å². The predicted molar refractivity (Wildman–Crippen MR) is 105 cm³/mol. The minimum Gasteiger partial charge on any atom is -0.459 e. The van der Waals surface area contributed by atoms with Crippen LogP contribution in [0.4, 0.5) is 5.69 Å². The molecule has 1 aliphatic rings. The predicted octanol–water partition coefficient (Wildman–Crippen LogP) is 4.70. The second-order valence-electron chi connectivity index (χ2n) is 6.70. The number of halogens is 1. The van der Waals surface area contributed by atoms with E-state index in [9.17, 15) is 9.59 Å². The summed E-state index contributed by atoms with van der Waals surface area (Å²) in [7, 11) is 0. The van der Waals surface area contributed by atoms with Gasteiger partial charge in [-0.05, 0) is 43.7 Å². The topological polar surface area (TPSA) is 62.6 Å².